The van der Waals surface area contributed by atoms with Gasteiger partial charge < -0.3 is 39.4 Å². The quantitative estimate of drug-likeness (QED) is 0.0790. The summed E-state index contributed by atoms with van der Waals surface area (Å²) < 4.78 is 23.4. The number of rotatable bonds is 14. The van der Waals surface area contributed by atoms with E-state index in [2.05, 4.69) is 0 Å². The van der Waals surface area contributed by atoms with Gasteiger partial charge in [-0.1, -0.05) is 84.9 Å². The molecule has 0 aromatic heterocycles. The highest BCUT2D eigenvalue weighted by atomic mass is 16.6. The van der Waals surface area contributed by atoms with E-state index in [0.717, 1.165) is 54.2 Å². The number of benzene rings is 8. The smallest absolute Gasteiger partial charge is 0.338 e. The molecule has 2 unspecified atom stereocenters. The van der Waals surface area contributed by atoms with E-state index < -0.39 is 24.1 Å². The highest BCUT2D eigenvalue weighted by Gasteiger charge is 2.20. The highest BCUT2D eigenvalue weighted by Crippen LogP contribution is 2.36. The summed E-state index contributed by atoms with van der Waals surface area (Å²) in [5.41, 5.74) is 2.32. The minimum atomic E-state index is -1.13. The number of hydrogen-bond acceptors (Lipinski definition) is 10. The van der Waals surface area contributed by atoms with Crippen molar-refractivity contribution in [1.29, 1.82) is 0 Å². The molecule has 0 radical (unpaired) electrons. The molecular weight excluding hydrogens is 749 g/mol. The first-order valence-corrected chi connectivity index (χ1v) is 19.1. The molecule has 0 saturated carbocycles. The standard InChI is InChI=1S/C49H40O10/c50-38-17-13-32-21-36(11-9-34(32)23-38)48(54)58-28-40(52)26-56-46-19-15-30-5-1-3-7-42(30)44(46)25-45-43-8-4-2-6-31(43)16-20-47(45)57-27-41(53)29-59-49(55)37-12-10-35-24-39(51)18-14-33(35)22-37/h1-24,40-41,50-53H,25-29H2. The van der Waals surface area contributed by atoms with Gasteiger partial charge >= 0.3 is 11.9 Å². The molecule has 0 aliphatic heterocycles. The number of aliphatic hydroxyl groups excluding tert-OH is 2. The van der Waals surface area contributed by atoms with Crippen LogP contribution in [-0.2, 0) is 15.9 Å². The average Bonchev–Trinajstić information content (AvgIpc) is 3.26. The molecule has 8 rings (SSSR count). The Balaban J connectivity index is 0.961. The zero-order chi connectivity index (χ0) is 40.9. The van der Waals surface area contributed by atoms with Crippen LogP contribution in [0, 0.1) is 0 Å². The van der Waals surface area contributed by atoms with Gasteiger partial charge in [0.05, 0.1) is 11.1 Å². The van der Waals surface area contributed by atoms with Crippen molar-refractivity contribution in [2.24, 2.45) is 0 Å². The van der Waals surface area contributed by atoms with Crippen LogP contribution in [0.25, 0.3) is 43.1 Å². The first-order chi connectivity index (χ1) is 28.7. The van der Waals surface area contributed by atoms with Crippen molar-refractivity contribution in [1.82, 2.24) is 0 Å². The van der Waals surface area contributed by atoms with Crippen molar-refractivity contribution in [2.45, 2.75) is 18.6 Å². The van der Waals surface area contributed by atoms with Crippen LogP contribution in [0.2, 0.25) is 0 Å². The molecule has 4 N–H and O–H groups in total. The molecule has 0 fully saturated rings. The third kappa shape index (κ3) is 8.89. The zero-order valence-corrected chi connectivity index (χ0v) is 31.8. The minimum absolute atomic E-state index is 0.131. The van der Waals surface area contributed by atoms with E-state index >= 15 is 0 Å². The molecule has 2 atom stereocenters. The van der Waals surface area contributed by atoms with Crippen LogP contribution in [0.5, 0.6) is 23.0 Å². The molecule has 296 valence electrons. The monoisotopic (exact) mass is 788 g/mol. The largest absolute Gasteiger partial charge is 0.508 e. The number of aliphatic hydroxyl groups is 2. The molecule has 0 aliphatic rings. The predicted molar refractivity (Wildman–Crippen MR) is 225 cm³/mol. The van der Waals surface area contributed by atoms with Crippen LogP contribution in [0.15, 0.2) is 146 Å². The highest BCUT2D eigenvalue weighted by molar-refractivity contribution is 5.97. The van der Waals surface area contributed by atoms with E-state index in [1.807, 2.05) is 72.8 Å². The lowest BCUT2D eigenvalue weighted by molar-refractivity contribution is 0.0128. The second-order valence-corrected chi connectivity index (χ2v) is 14.3. The van der Waals surface area contributed by atoms with Crippen LogP contribution in [-0.4, -0.2) is 71.0 Å². The van der Waals surface area contributed by atoms with Gasteiger partial charge in [0, 0.05) is 17.5 Å². The van der Waals surface area contributed by atoms with Gasteiger partial charge in [0.1, 0.15) is 61.6 Å². The number of esters is 2. The van der Waals surface area contributed by atoms with Gasteiger partial charge in [0.25, 0.3) is 0 Å². The second kappa shape index (κ2) is 17.2. The van der Waals surface area contributed by atoms with Crippen molar-refractivity contribution in [3.05, 3.63) is 168 Å². The number of ether oxygens (including phenoxy) is 4. The lowest BCUT2D eigenvalue weighted by Gasteiger charge is -2.20. The summed E-state index contributed by atoms with van der Waals surface area (Å²) >= 11 is 0. The van der Waals surface area contributed by atoms with Gasteiger partial charge in [-0.05, 0) is 104 Å². The van der Waals surface area contributed by atoms with Crippen LogP contribution in [0.1, 0.15) is 31.8 Å². The molecule has 0 saturated heterocycles. The number of hydrogen-bond donors (Lipinski definition) is 4. The Morgan fingerprint density at radius 1 is 0.441 bits per heavy atom. The molecule has 0 heterocycles. The summed E-state index contributed by atoms with van der Waals surface area (Å²) in [4.78, 5) is 25.7. The molecule has 0 aliphatic carbocycles. The Bertz CT molecular complexity index is 2640. The fraction of sp³-hybridized carbons (Fsp3) is 0.143. The molecule has 59 heavy (non-hydrogen) atoms. The van der Waals surface area contributed by atoms with Gasteiger partial charge in [-0.15, -0.1) is 0 Å². The van der Waals surface area contributed by atoms with Crippen molar-refractivity contribution >= 4 is 55.0 Å². The number of carbonyl (C=O) groups is 2. The van der Waals surface area contributed by atoms with E-state index in [9.17, 15) is 30.0 Å². The molecule has 10 heteroatoms. The van der Waals surface area contributed by atoms with Crippen molar-refractivity contribution in [2.75, 3.05) is 26.4 Å². The minimum Gasteiger partial charge on any atom is -0.508 e. The van der Waals surface area contributed by atoms with Crippen molar-refractivity contribution in [3.8, 4) is 23.0 Å². The van der Waals surface area contributed by atoms with Gasteiger partial charge in [0.2, 0.25) is 0 Å². The summed E-state index contributed by atoms with van der Waals surface area (Å²) in [6.45, 7) is -0.881. The van der Waals surface area contributed by atoms with Crippen LogP contribution in [0.3, 0.4) is 0 Å². The van der Waals surface area contributed by atoms with Crippen molar-refractivity contribution < 1.29 is 49.0 Å². The zero-order valence-electron chi connectivity index (χ0n) is 31.8. The Morgan fingerprint density at radius 3 is 1.29 bits per heavy atom. The molecular formula is C49H40O10. The SMILES string of the molecule is O=C(OCC(O)COc1ccc2ccccc2c1Cc1c(OCC(O)COC(=O)c2ccc3cc(O)ccc3c2)ccc2ccccc12)c1ccc2cc(O)ccc2c1. The van der Waals surface area contributed by atoms with Gasteiger partial charge in [0.15, 0.2) is 0 Å². The molecule has 0 spiro atoms. The number of aromatic hydroxyl groups is 2. The lowest BCUT2D eigenvalue weighted by atomic mass is 9.93. The Labute approximate surface area is 339 Å². The molecule has 10 nitrogen and oxygen atoms in total. The van der Waals surface area contributed by atoms with E-state index in [4.69, 9.17) is 18.9 Å². The third-order valence-electron chi connectivity index (χ3n) is 10.1. The molecule has 0 amide bonds. The summed E-state index contributed by atoms with van der Waals surface area (Å²) in [5.74, 6) is 0.138. The normalized spacial score (nSPS) is 12.4. The first-order valence-electron chi connectivity index (χ1n) is 19.1. The third-order valence-corrected chi connectivity index (χ3v) is 10.1. The maximum atomic E-state index is 12.9. The average molecular weight is 789 g/mol. The molecule has 8 aromatic carbocycles. The number of phenols is 2. The fourth-order valence-corrected chi connectivity index (χ4v) is 7.14. The summed E-state index contributed by atoms with van der Waals surface area (Å²) in [6.07, 6.45) is -1.89. The van der Waals surface area contributed by atoms with E-state index in [0.29, 0.717) is 29.0 Å². The first kappa shape index (κ1) is 38.7. The maximum Gasteiger partial charge on any atom is 0.338 e. The Hall–Kier alpha value is -7.14. The van der Waals surface area contributed by atoms with Gasteiger partial charge in [-0.2, -0.15) is 0 Å². The molecule has 0 bridgehead atoms. The van der Waals surface area contributed by atoms with Crippen molar-refractivity contribution in [3.63, 3.8) is 0 Å². The van der Waals surface area contributed by atoms with Crippen LogP contribution < -0.4 is 9.47 Å². The lowest BCUT2D eigenvalue weighted by Crippen LogP contribution is -2.25. The maximum absolute atomic E-state index is 12.9. The topological polar surface area (TPSA) is 152 Å². The van der Waals surface area contributed by atoms with Gasteiger partial charge in [-0.25, -0.2) is 9.59 Å². The molecule has 8 aromatic rings. The van der Waals surface area contributed by atoms with Crippen LogP contribution in [0.4, 0.5) is 0 Å². The van der Waals surface area contributed by atoms with Gasteiger partial charge in [-0.3, -0.25) is 0 Å². The Morgan fingerprint density at radius 2 is 0.831 bits per heavy atom. The number of carbonyl (C=O) groups excluding carboxylic acids is 2. The summed E-state index contributed by atoms with van der Waals surface area (Å²) in [7, 11) is 0. The van der Waals surface area contributed by atoms with Crippen LogP contribution >= 0.6 is 0 Å². The van der Waals surface area contributed by atoms with E-state index in [-0.39, 0.29) is 37.9 Å². The predicted octanol–water partition coefficient (Wildman–Crippen LogP) is 8.49. The summed E-state index contributed by atoms with van der Waals surface area (Å²) in [6, 6.07) is 43.2. The number of fused-ring (bicyclic) bond motifs is 4. The second-order valence-electron chi connectivity index (χ2n) is 14.3. The Kier molecular flexibility index (Phi) is 11.3. The van der Waals surface area contributed by atoms with E-state index in [1.54, 1.807) is 72.8 Å². The summed E-state index contributed by atoms with van der Waals surface area (Å²) in [5, 5.41) is 48.2. The number of phenolic OH excluding ortho intramolecular Hbond substituents is 2. The van der Waals surface area contributed by atoms with E-state index in [1.165, 1.54) is 0 Å². The fourth-order valence-electron chi connectivity index (χ4n) is 7.14.